The zero-order chi connectivity index (χ0) is 23.4. The van der Waals surface area contributed by atoms with Crippen LogP contribution in [0.2, 0.25) is 0 Å². The molecule has 0 radical (unpaired) electrons. The van der Waals surface area contributed by atoms with Crippen LogP contribution in [0.5, 0.6) is 11.5 Å². The molecule has 1 atom stereocenters. The fourth-order valence-corrected chi connectivity index (χ4v) is 3.70. The number of esters is 1. The molecule has 4 rings (SSSR count). The predicted octanol–water partition coefficient (Wildman–Crippen LogP) is 5.46. The monoisotopic (exact) mass is 444 g/mol. The van der Waals surface area contributed by atoms with Gasteiger partial charge >= 0.3 is 11.6 Å². The predicted molar refractivity (Wildman–Crippen MR) is 126 cm³/mol. The molecule has 0 bridgehead atoms. The summed E-state index contributed by atoms with van der Waals surface area (Å²) >= 11 is 0. The van der Waals surface area contributed by atoms with Crippen LogP contribution in [0.4, 0.5) is 0 Å². The van der Waals surface area contributed by atoms with Gasteiger partial charge in [0.1, 0.15) is 17.1 Å². The third kappa shape index (κ3) is 4.60. The van der Waals surface area contributed by atoms with Gasteiger partial charge in [0, 0.05) is 22.6 Å². The van der Waals surface area contributed by atoms with Gasteiger partial charge in [-0.15, -0.1) is 0 Å². The standard InChI is InChI=1S/C27H24O6/c1-4-31-27(29)26(19-8-6-5-7-9-19)32-23-15-14-21-22(16-24(28)33-25(21)17(23)2)18-10-12-20(30-3)13-11-18/h5-16,26H,4H2,1-3H3/t26-/m1/s1. The molecule has 0 amide bonds. The number of fused-ring (bicyclic) bond motifs is 1. The lowest BCUT2D eigenvalue weighted by molar-refractivity contribution is -0.151. The van der Waals surface area contributed by atoms with Crippen LogP contribution in [-0.2, 0) is 9.53 Å². The van der Waals surface area contributed by atoms with Crippen LogP contribution in [0.25, 0.3) is 22.1 Å². The van der Waals surface area contributed by atoms with Gasteiger partial charge in [0.2, 0.25) is 6.10 Å². The summed E-state index contributed by atoms with van der Waals surface area (Å²) in [6.07, 6.45) is -0.946. The summed E-state index contributed by atoms with van der Waals surface area (Å²) in [5.74, 6) is 0.667. The molecule has 0 spiro atoms. The fourth-order valence-electron chi connectivity index (χ4n) is 3.70. The number of carbonyl (C=O) groups excluding carboxylic acids is 1. The number of methoxy groups -OCH3 is 1. The molecule has 0 saturated heterocycles. The molecular weight excluding hydrogens is 420 g/mol. The average molecular weight is 444 g/mol. The van der Waals surface area contributed by atoms with Crippen LogP contribution in [0, 0.1) is 6.92 Å². The van der Waals surface area contributed by atoms with Crippen LogP contribution in [0.1, 0.15) is 24.2 Å². The normalized spacial score (nSPS) is 11.7. The van der Waals surface area contributed by atoms with E-state index in [1.54, 1.807) is 39.2 Å². The first-order valence-electron chi connectivity index (χ1n) is 10.6. The van der Waals surface area contributed by atoms with Gasteiger partial charge in [-0.3, -0.25) is 0 Å². The molecule has 0 aliphatic heterocycles. The number of hydrogen-bond donors (Lipinski definition) is 0. The maximum absolute atomic E-state index is 12.6. The minimum Gasteiger partial charge on any atom is -0.497 e. The largest absolute Gasteiger partial charge is 0.497 e. The van der Waals surface area contributed by atoms with Crippen LogP contribution in [0.3, 0.4) is 0 Å². The summed E-state index contributed by atoms with van der Waals surface area (Å²) in [4.78, 5) is 25.0. The Balaban J connectivity index is 1.79. The van der Waals surface area contributed by atoms with Gasteiger partial charge in [0.15, 0.2) is 0 Å². The Hall–Kier alpha value is -4.06. The molecular formula is C27H24O6. The molecule has 168 valence electrons. The van der Waals surface area contributed by atoms with Gasteiger partial charge in [-0.1, -0.05) is 42.5 Å². The molecule has 1 heterocycles. The Kier molecular flexibility index (Phi) is 6.45. The maximum Gasteiger partial charge on any atom is 0.352 e. The summed E-state index contributed by atoms with van der Waals surface area (Å²) in [7, 11) is 1.60. The maximum atomic E-state index is 12.6. The highest BCUT2D eigenvalue weighted by Crippen LogP contribution is 2.35. The summed E-state index contributed by atoms with van der Waals surface area (Å²) in [5, 5.41) is 0.761. The Morgan fingerprint density at radius 3 is 2.39 bits per heavy atom. The Morgan fingerprint density at radius 1 is 1.00 bits per heavy atom. The molecule has 6 nitrogen and oxygen atoms in total. The van der Waals surface area contributed by atoms with E-state index >= 15 is 0 Å². The van der Waals surface area contributed by atoms with Gasteiger partial charge in [0.05, 0.1) is 13.7 Å². The van der Waals surface area contributed by atoms with Crippen molar-refractivity contribution >= 4 is 16.9 Å². The zero-order valence-corrected chi connectivity index (χ0v) is 18.7. The minimum atomic E-state index is -0.946. The molecule has 0 unspecified atom stereocenters. The van der Waals surface area contributed by atoms with Crippen molar-refractivity contribution in [3.63, 3.8) is 0 Å². The van der Waals surface area contributed by atoms with Crippen LogP contribution in [0.15, 0.2) is 82.0 Å². The van der Waals surface area contributed by atoms with E-state index in [1.165, 1.54) is 6.07 Å². The van der Waals surface area contributed by atoms with E-state index in [2.05, 4.69) is 0 Å². The highest BCUT2D eigenvalue weighted by atomic mass is 16.6. The second kappa shape index (κ2) is 9.61. The molecule has 0 aliphatic carbocycles. The molecule has 0 aliphatic rings. The zero-order valence-electron chi connectivity index (χ0n) is 18.7. The smallest absolute Gasteiger partial charge is 0.352 e. The summed E-state index contributed by atoms with van der Waals surface area (Å²) < 4.78 is 22.1. The summed E-state index contributed by atoms with van der Waals surface area (Å²) in [6, 6.07) is 21.7. The average Bonchev–Trinajstić information content (AvgIpc) is 2.84. The van der Waals surface area contributed by atoms with E-state index in [9.17, 15) is 9.59 Å². The molecule has 33 heavy (non-hydrogen) atoms. The first kappa shape index (κ1) is 22.1. The highest BCUT2D eigenvalue weighted by molar-refractivity contribution is 5.95. The van der Waals surface area contributed by atoms with Crippen molar-refractivity contribution in [3.8, 4) is 22.6 Å². The highest BCUT2D eigenvalue weighted by Gasteiger charge is 2.25. The molecule has 0 N–H and O–H groups in total. The first-order valence-corrected chi connectivity index (χ1v) is 10.6. The lowest BCUT2D eigenvalue weighted by Gasteiger charge is -2.20. The lowest BCUT2D eigenvalue weighted by Crippen LogP contribution is -2.21. The number of rotatable bonds is 7. The van der Waals surface area contributed by atoms with Crippen molar-refractivity contribution in [1.29, 1.82) is 0 Å². The number of carbonyl (C=O) groups is 1. The van der Waals surface area contributed by atoms with Crippen LogP contribution >= 0.6 is 0 Å². The van der Waals surface area contributed by atoms with E-state index in [0.29, 0.717) is 22.5 Å². The van der Waals surface area contributed by atoms with Crippen LogP contribution < -0.4 is 15.1 Å². The number of aryl methyl sites for hydroxylation is 1. The molecule has 3 aromatic carbocycles. The topological polar surface area (TPSA) is 75.0 Å². The first-order chi connectivity index (χ1) is 16.0. The molecule has 4 aromatic rings. The van der Waals surface area contributed by atoms with Gasteiger partial charge < -0.3 is 18.6 Å². The quantitative estimate of drug-likeness (QED) is 0.278. The summed E-state index contributed by atoms with van der Waals surface area (Å²) in [6.45, 7) is 3.78. The molecule has 0 saturated carbocycles. The van der Waals surface area contributed by atoms with Crippen molar-refractivity contribution in [2.24, 2.45) is 0 Å². The Morgan fingerprint density at radius 2 is 1.73 bits per heavy atom. The van der Waals surface area contributed by atoms with Crippen LogP contribution in [-0.4, -0.2) is 19.7 Å². The van der Waals surface area contributed by atoms with Crippen molar-refractivity contribution < 1.29 is 23.4 Å². The van der Waals surface area contributed by atoms with Gasteiger partial charge in [-0.2, -0.15) is 0 Å². The lowest BCUT2D eigenvalue weighted by atomic mass is 10.00. The van der Waals surface area contributed by atoms with Gasteiger partial charge in [-0.25, -0.2) is 9.59 Å². The van der Waals surface area contributed by atoms with E-state index in [1.807, 2.05) is 48.5 Å². The summed E-state index contributed by atoms with van der Waals surface area (Å²) in [5.41, 5.74) is 2.81. The van der Waals surface area contributed by atoms with Crippen molar-refractivity contribution in [1.82, 2.24) is 0 Å². The third-order valence-corrected chi connectivity index (χ3v) is 5.36. The van der Waals surface area contributed by atoms with Gasteiger partial charge in [-0.05, 0) is 49.2 Å². The fraction of sp³-hybridized carbons (Fsp3) is 0.185. The SMILES string of the molecule is CCOC(=O)[C@H](Oc1ccc2c(-c3ccc(OC)cc3)cc(=O)oc2c1C)c1ccccc1. The third-order valence-electron chi connectivity index (χ3n) is 5.36. The molecule has 1 aromatic heterocycles. The Labute approximate surface area is 191 Å². The minimum absolute atomic E-state index is 0.238. The number of ether oxygens (including phenoxy) is 3. The molecule has 0 fully saturated rings. The van der Waals surface area contributed by atoms with E-state index in [-0.39, 0.29) is 6.61 Å². The van der Waals surface area contributed by atoms with E-state index in [0.717, 1.165) is 22.3 Å². The van der Waals surface area contributed by atoms with Crippen molar-refractivity contribution in [2.45, 2.75) is 20.0 Å². The second-order valence-corrected chi connectivity index (χ2v) is 7.43. The van der Waals surface area contributed by atoms with E-state index in [4.69, 9.17) is 18.6 Å². The number of benzene rings is 3. The van der Waals surface area contributed by atoms with Gasteiger partial charge in [0.25, 0.3) is 0 Å². The number of hydrogen-bond acceptors (Lipinski definition) is 6. The van der Waals surface area contributed by atoms with Crippen molar-refractivity contribution in [3.05, 3.63) is 94.3 Å². The van der Waals surface area contributed by atoms with E-state index < -0.39 is 17.7 Å². The second-order valence-electron chi connectivity index (χ2n) is 7.43. The van der Waals surface area contributed by atoms with Crippen molar-refractivity contribution in [2.75, 3.05) is 13.7 Å². The molecule has 6 heteroatoms. The Bertz CT molecular complexity index is 1320.